The normalized spacial score (nSPS) is 16.0. The zero-order valence-electron chi connectivity index (χ0n) is 17.4. The monoisotopic (exact) mass is 434 g/mol. The number of fused-ring (bicyclic) bond motifs is 1. The van der Waals surface area contributed by atoms with Crippen molar-refractivity contribution in [2.75, 3.05) is 16.8 Å². The van der Waals surface area contributed by atoms with Crippen LogP contribution in [0.5, 0.6) is 0 Å². The van der Waals surface area contributed by atoms with E-state index in [1.54, 1.807) is 9.20 Å². The third kappa shape index (κ3) is 3.66. The maximum absolute atomic E-state index is 13.0. The highest BCUT2D eigenvalue weighted by molar-refractivity contribution is 5.92. The summed E-state index contributed by atoms with van der Waals surface area (Å²) in [7, 11) is 1.83. The number of nitrogens with two attached hydrogens (primary N) is 1. The molecule has 164 valence electrons. The van der Waals surface area contributed by atoms with Gasteiger partial charge in [0, 0.05) is 32.1 Å². The number of primary amides is 1. The largest absolute Gasteiger partial charge is 0.364 e. The summed E-state index contributed by atoms with van der Waals surface area (Å²) < 4.78 is 3.39. The van der Waals surface area contributed by atoms with Gasteiger partial charge in [0.1, 0.15) is 11.2 Å². The average molecular weight is 434 g/mol. The van der Waals surface area contributed by atoms with Crippen molar-refractivity contribution in [1.29, 1.82) is 0 Å². The Balaban J connectivity index is 1.44. The van der Waals surface area contributed by atoms with Gasteiger partial charge in [-0.3, -0.25) is 19.4 Å². The van der Waals surface area contributed by atoms with E-state index in [0.717, 1.165) is 24.1 Å². The minimum absolute atomic E-state index is 0.0883. The summed E-state index contributed by atoms with van der Waals surface area (Å²) in [4.78, 5) is 31.0. The number of amides is 1. The van der Waals surface area contributed by atoms with Crippen LogP contribution in [0.3, 0.4) is 0 Å². The Bertz CT molecular complexity index is 1300. The standard InChI is InChI=1S/C20H22N10O2/c1-28-9-6-12(26-28)10-16(31)14-4-2-7-29(14)20-23-19(15-5-3-8-30(15)27-20)22-17-11-13(18(21)32)24-25-17/h3,5-6,8-9,11,14H,2,4,7,10H2,1H3,(H2,21,32)(H2,22,23,24,25,27)/t14-/m0/s1. The van der Waals surface area contributed by atoms with E-state index in [9.17, 15) is 9.59 Å². The number of aromatic nitrogens is 7. The first kappa shape index (κ1) is 19.7. The van der Waals surface area contributed by atoms with E-state index in [2.05, 4.69) is 30.7 Å². The van der Waals surface area contributed by atoms with Crippen LogP contribution in [0.2, 0.25) is 0 Å². The molecular formula is C20H22N10O2. The minimum atomic E-state index is -0.604. The fourth-order valence-corrected chi connectivity index (χ4v) is 3.96. The molecule has 1 fully saturated rings. The zero-order valence-corrected chi connectivity index (χ0v) is 17.4. The van der Waals surface area contributed by atoms with Gasteiger partial charge >= 0.3 is 0 Å². The lowest BCUT2D eigenvalue weighted by Crippen LogP contribution is -2.38. The van der Waals surface area contributed by atoms with Gasteiger partial charge in [0.2, 0.25) is 5.95 Å². The Morgan fingerprint density at radius 1 is 1.28 bits per heavy atom. The molecule has 1 aliphatic heterocycles. The first-order valence-corrected chi connectivity index (χ1v) is 10.2. The maximum Gasteiger partial charge on any atom is 0.266 e. The van der Waals surface area contributed by atoms with Crippen LogP contribution in [0.4, 0.5) is 17.6 Å². The van der Waals surface area contributed by atoms with Crippen molar-refractivity contribution in [3.8, 4) is 0 Å². The van der Waals surface area contributed by atoms with Crippen molar-refractivity contribution in [2.24, 2.45) is 12.8 Å². The number of ketones is 1. The molecule has 12 nitrogen and oxygen atoms in total. The molecule has 4 aromatic heterocycles. The Hall–Kier alpha value is -4.22. The van der Waals surface area contributed by atoms with Gasteiger partial charge in [0.15, 0.2) is 17.4 Å². The molecule has 0 saturated carbocycles. The number of hydrogen-bond donors (Lipinski definition) is 3. The average Bonchev–Trinajstić information content (AvgIpc) is 3.54. The van der Waals surface area contributed by atoms with E-state index in [1.807, 2.05) is 42.5 Å². The number of carbonyl (C=O) groups excluding carboxylic acids is 2. The first-order chi connectivity index (χ1) is 15.5. The van der Waals surface area contributed by atoms with Crippen molar-refractivity contribution >= 4 is 34.8 Å². The van der Waals surface area contributed by atoms with Crippen molar-refractivity contribution in [2.45, 2.75) is 25.3 Å². The summed E-state index contributed by atoms with van der Waals surface area (Å²) >= 11 is 0. The van der Waals surface area contributed by atoms with Crippen molar-refractivity contribution < 1.29 is 9.59 Å². The molecule has 32 heavy (non-hydrogen) atoms. The summed E-state index contributed by atoms with van der Waals surface area (Å²) in [6, 6.07) is 6.77. The van der Waals surface area contributed by atoms with Crippen molar-refractivity contribution in [3.63, 3.8) is 0 Å². The van der Waals surface area contributed by atoms with Gasteiger partial charge < -0.3 is 16.0 Å². The van der Waals surface area contributed by atoms with E-state index in [-0.39, 0.29) is 23.9 Å². The van der Waals surface area contributed by atoms with Crippen LogP contribution in [0.1, 0.15) is 29.0 Å². The zero-order chi connectivity index (χ0) is 22.2. The maximum atomic E-state index is 13.0. The van der Waals surface area contributed by atoms with Crippen molar-refractivity contribution in [3.05, 3.63) is 48.0 Å². The molecule has 4 aromatic rings. The Kier molecular flexibility index (Phi) is 4.81. The van der Waals surface area contributed by atoms with E-state index in [4.69, 9.17) is 5.73 Å². The van der Waals surface area contributed by atoms with Crippen LogP contribution in [-0.2, 0) is 18.3 Å². The Morgan fingerprint density at radius 2 is 2.16 bits per heavy atom. The van der Waals surface area contributed by atoms with Gasteiger partial charge in [-0.2, -0.15) is 15.2 Å². The van der Waals surface area contributed by atoms with Gasteiger partial charge in [-0.1, -0.05) is 0 Å². The summed E-state index contributed by atoms with van der Waals surface area (Å²) in [6.45, 7) is 0.680. The molecular weight excluding hydrogens is 412 g/mol. The van der Waals surface area contributed by atoms with Gasteiger partial charge in [0.05, 0.1) is 18.2 Å². The number of anilines is 3. The second-order valence-electron chi connectivity index (χ2n) is 7.73. The molecule has 5 rings (SSSR count). The van der Waals surface area contributed by atoms with Crippen LogP contribution in [0.15, 0.2) is 36.7 Å². The summed E-state index contributed by atoms with van der Waals surface area (Å²) in [6.07, 6.45) is 5.52. The third-order valence-electron chi connectivity index (χ3n) is 5.48. The van der Waals surface area contributed by atoms with Gasteiger partial charge in [-0.15, -0.1) is 5.10 Å². The Labute approximate surface area is 182 Å². The van der Waals surface area contributed by atoms with E-state index >= 15 is 0 Å². The van der Waals surface area contributed by atoms with Crippen LogP contribution in [0, 0.1) is 0 Å². The SMILES string of the molecule is Cn1ccc(CC(=O)[C@@H]2CCCN2c2nc(Nc3cc(C(N)=O)[nH]n3)c3cccn3n2)n1. The highest BCUT2D eigenvalue weighted by Crippen LogP contribution is 2.27. The van der Waals surface area contributed by atoms with E-state index < -0.39 is 5.91 Å². The van der Waals surface area contributed by atoms with Gasteiger partial charge in [0.25, 0.3) is 5.91 Å². The predicted molar refractivity (Wildman–Crippen MR) is 116 cm³/mol. The smallest absolute Gasteiger partial charge is 0.266 e. The third-order valence-corrected chi connectivity index (χ3v) is 5.48. The molecule has 1 saturated heterocycles. The number of H-pyrrole nitrogens is 1. The number of hydrogen-bond acceptors (Lipinski definition) is 8. The number of aromatic amines is 1. The van der Waals surface area contributed by atoms with Gasteiger partial charge in [-0.25, -0.2) is 4.52 Å². The second kappa shape index (κ2) is 7.80. The number of aryl methyl sites for hydroxylation is 1. The highest BCUT2D eigenvalue weighted by atomic mass is 16.1. The van der Waals surface area contributed by atoms with E-state index in [1.165, 1.54) is 6.07 Å². The number of Topliss-reactive ketones (excluding diaryl/α,β-unsaturated/α-hetero) is 1. The highest BCUT2D eigenvalue weighted by Gasteiger charge is 2.33. The summed E-state index contributed by atoms with van der Waals surface area (Å²) in [5, 5.41) is 18.7. The molecule has 0 radical (unpaired) electrons. The molecule has 0 unspecified atom stereocenters. The van der Waals surface area contributed by atoms with Crippen LogP contribution in [0.25, 0.3) is 5.52 Å². The predicted octanol–water partition coefficient (Wildman–Crippen LogP) is 0.809. The number of nitrogens with one attached hydrogen (secondary N) is 2. The lowest BCUT2D eigenvalue weighted by Gasteiger charge is -2.24. The van der Waals surface area contributed by atoms with Crippen LogP contribution >= 0.6 is 0 Å². The van der Waals surface area contributed by atoms with Gasteiger partial charge in [-0.05, 0) is 31.0 Å². The first-order valence-electron chi connectivity index (χ1n) is 10.2. The summed E-state index contributed by atoms with van der Waals surface area (Å²) in [5.41, 5.74) is 6.95. The fraction of sp³-hybridized carbons (Fsp3) is 0.300. The molecule has 5 heterocycles. The molecule has 1 atom stereocenters. The molecule has 1 aliphatic rings. The molecule has 0 aromatic carbocycles. The lowest BCUT2D eigenvalue weighted by atomic mass is 10.1. The number of rotatable bonds is 7. The molecule has 0 bridgehead atoms. The quantitative estimate of drug-likeness (QED) is 0.386. The molecule has 0 aliphatic carbocycles. The fourth-order valence-electron chi connectivity index (χ4n) is 3.96. The second-order valence-corrected chi connectivity index (χ2v) is 7.73. The molecule has 4 N–H and O–H groups in total. The Morgan fingerprint density at radius 3 is 2.91 bits per heavy atom. The van der Waals surface area contributed by atoms with Crippen LogP contribution in [-0.4, -0.2) is 58.9 Å². The van der Waals surface area contributed by atoms with Crippen LogP contribution < -0.4 is 16.0 Å². The molecule has 0 spiro atoms. The number of carbonyl (C=O) groups is 2. The molecule has 12 heteroatoms. The molecule has 1 amide bonds. The topological polar surface area (TPSA) is 152 Å². The lowest BCUT2D eigenvalue weighted by molar-refractivity contribution is -0.119. The van der Waals surface area contributed by atoms with E-state index in [0.29, 0.717) is 24.1 Å². The summed E-state index contributed by atoms with van der Waals surface area (Å²) in [5.74, 6) is 0.832. The van der Waals surface area contributed by atoms with Crippen molar-refractivity contribution in [1.82, 2.24) is 34.6 Å². The number of nitrogens with zero attached hydrogens (tertiary/aromatic N) is 7. The minimum Gasteiger partial charge on any atom is -0.364 e.